The van der Waals surface area contributed by atoms with Crippen LogP contribution in [0.3, 0.4) is 0 Å². The zero-order valence-corrected chi connectivity index (χ0v) is 52.3. The van der Waals surface area contributed by atoms with Gasteiger partial charge in [-0.15, -0.1) is 0 Å². The molecule has 0 saturated carbocycles. The highest BCUT2D eigenvalue weighted by Crippen LogP contribution is 2.45. The molecule has 0 bridgehead atoms. The first-order valence-corrected chi connectivity index (χ1v) is 34.7. The Hall–Kier alpha value is -1.94. The number of hydrogen-bond donors (Lipinski definition) is 3. The second-order valence-electron chi connectivity index (χ2n) is 22.0. The summed E-state index contributed by atoms with van der Waals surface area (Å²) in [6.07, 6.45) is 36.2. The van der Waals surface area contributed by atoms with Crippen LogP contribution in [-0.4, -0.2) is 96.7 Å². The molecule has 0 aliphatic heterocycles. The lowest BCUT2D eigenvalue weighted by molar-refractivity contribution is -0.161. The van der Waals surface area contributed by atoms with E-state index < -0.39 is 97.5 Å². The van der Waals surface area contributed by atoms with E-state index in [1.165, 1.54) is 109 Å². The first kappa shape index (κ1) is 77.1. The van der Waals surface area contributed by atoms with E-state index in [-0.39, 0.29) is 25.7 Å². The number of esters is 4. The fourth-order valence-electron chi connectivity index (χ4n) is 8.84. The van der Waals surface area contributed by atoms with Crippen LogP contribution in [0.25, 0.3) is 0 Å². The van der Waals surface area contributed by atoms with Gasteiger partial charge in [-0.3, -0.25) is 37.3 Å². The number of rotatable bonds is 60. The molecule has 17 nitrogen and oxygen atoms in total. The van der Waals surface area contributed by atoms with Gasteiger partial charge in [0.1, 0.15) is 19.3 Å². The Morgan fingerprint density at radius 3 is 0.899 bits per heavy atom. The molecule has 0 amide bonds. The molecular weight excluding hydrogens is 1050 g/mol. The number of unbranched alkanes of at least 4 members (excludes halogenated alkanes) is 31. The average Bonchev–Trinajstić information content (AvgIpc) is 3.42. The molecule has 0 heterocycles. The minimum absolute atomic E-state index is 0.105. The molecule has 0 fully saturated rings. The third-order valence-electron chi connectivity index (χ3n) is 14.1. The van der Waals surface area contributed by atoms with Crippen molar-refractivity contribution in [3.8, 4) is 0 Å². The van der Waals surface area contributed by atoms with Crippen molar-refractivity contribution < 1.29 is 80.2 Å². The zero-order chi connectivity index (χ0) is 58.5. The normalized spacial score (nSPS) is 14.7. The van der Waals surface area contributed by atoms with Gasteiger partial charge in [0, 0.05) is 25.7 Å². The molecule has 0 radical (unpaired) electrons. The number of carbonyl (C=O) groups is 4. The molecule has 3 unspecified atom stereocenters. The molecule has 0 aliphatic carbocycles. The van der Waals surface area contributed by atoms with Crippen LogP contribution in [0.2, 0.25) is 0 Å². The largest absolute Gasteiger partial charge is 0.472 e. The molecule has 0 rings (SSSR count). The molecule has 0 spiro atoms. The average molecular weight is 1170 g/mol. The van der Waals surface area contributed by atoms with E-state index in [4.69, 9.17) is 37.0 Å². The molecule has 6 atom stereocenters. The van der Waals surface area contributed by atoms with Crippen LogP contribution in [0.5, 0.6) is 0 Å². The van der Waals surface area contributed by atoms with Gasteiger partial charge in [0.2, 0.25) is 0 Å². The highest BCUT2D eigenvalue weighted by atomic mass is 31.2. The summed E-state index contributed by atoms with van der Waals surface area (Å²) in [5.41, 5.74) is 0. The van der Waals surface area contributed by atoms with Crippen molar-refractivity contribution in [3.05, 3.63) is 0 Å². The second-order valence-corrected chi connectivity index (χ2v) is 24.9. The number of phosphoric ester groups is 2. The summed E-state index contributed by atoms with van der Waals surface area (Å²) in [7, 11) is -9.87. The van der Waals surface area contributed by atoms with Gasteiger partial charge in [0.05, 0.1) is 26.4 Å². The number of aliphatic hydroxyl groups is 1. The zero-order valence-electron chi connectivity index (χ0n) is 50.5. The van der Waals surface area contributed by atoms with Crippen LogP contribution < -0.4 is 0 Å². The van der Waals surface area contributed by atoms with E-state index in [1.807, 2.05) is 0 Å². The lowest BCUT2D eigenvalue weighted by atomic mass is 9.99. The molecule has 0 aromatic carbocycles. The molecule has 0 aromatic rings. The monoisotopic (exact) mass is 1170 g/mol. The molecule has 0 aromatic heterocycles. The van der Waals surface area contributed by atoms with E-state index in [1.54, 1.807) is 0 Å². The van der Waals surface area contributed by atoms with Gasteiger partial charge in [-0.25, -0.2) is 9.13 Å². The molecule has 3 N–H and O–H groups in total. The van der Waals surface area contributed by atoms with E-state index in [0.29, 0.717) is 25.7 Å². The number of aliphatic hydroxyl groups excluding tert-OH is 1. The molecule has 0 aliphatic rings. The van der Waals surface area contributed by atoms with Gasteiger partial charge < -0.3 is 33.8 Å². The summed E-state index contributed by atoms with van der Waals surface area (Å²) >= 11 is 0. The van der Waals surface area contributed by atoms with Crippen LogP contribution >= 0.6 is 15.6 Å². The maximum Gasteiger partial charge on any atom is 0.472 e. The van der Waals surface area contributed by atoms with Gasteiger partial charge in [-0.2, -0.15) is 0 Å². The van der Waals surface area contributed by atoms with E-state index >= 15 is 0 Å². The molecular formula is C60H116O17P2. The Morgan fingerprint density at radius 1 is 0.354 bits per heavy atom. The number of hydrogen-bond acceptors (Lipinski definition) is 15. The summed E-state index contributed by atoms with van der Waals surface area (Å²) < 4.78 is 67.7. The number of carbonyl (C=O) groups excluding carboxylic acids is 4. The Labute approximate surface area is 479 Å². The molecule has 0 saturated heterocycles. The Balaban J connectivity index is 5.22. The highest BCUT2D eigenvalue weighted by molar-refractivity contribution is 7.47. The minimum Gasteiger partial charge on any atom is -0.462 e. The predicted molar refractivity (Wildman–Crippen MR) is 312 cm³/mol. The lowest BCUT2D eigenvalue weighted by Gasteiger charge is -2.21. The van der Waals surface area contributed by atoms with Crippen LogP contribution in [0.15, 0.2) is 0 Å². The predicted octanol–water partition coefficient (Wildman–Crippen LogP) is 16.2. The Kier molecular flexibility index (Phi) is 52.7. The van der Waals surface area contributed by atoms with Crippen molar-refractivity contribution in [3.63, 3.8) is 0 Å². The van der Waals surface area contributed by atoms with Gasteiger partial charge in [-0.05, 0) is 31.6 Å². The van der Waals surface area contributed by atoms with E-state index in [9.17, 15) is 43.2 Å². The smallest absolute Gasteiger partial charge is 0.462 e. The summed E-state index contributed by atoms with van der Waals surface area (Å²) in [5, 5.41) is 10.5. The van der Waals surface area contributed by atoms with E-state index in [0.717, 1.165) is 109 Å². The maximum absolute atomic E-state index is 12.9. The van der Waals surface area contributed by atoms with Crippen molar-refractivity contribution in [1.29, 1.82) is 0 Å². The molecule has 468 valence electrons. The molecule has 19 heteroatoms. The van der Waals surface area contributed by atoms with Crippen molar-refractivity contribution in [2.75, 3.05) is 39.6 Å². The van der Waals surface area contributed by atoms with Gasteiger partial charge >= 0.3 is 39.5 Å². The maximum atomic E-state index is 12.9. The summed E-state index contributed by atoms with van der Waals surface area (Å²) in [4.78, 5) is 71.9. The van der Waals surface area contributed by atoms with Gasteiger partial charge in [0.15, 0.2) is 12.2 Å². The SMILES string of the molecule is CCCCCCCCCCCCCC(=O)OC[C@H](COP(=O)(O)OC[C@@H](O)COP(=O)(O)OC[C@@H](COC(=O)CCCCCCCCC)OC(=O)CCCCCCCCCCC)OC(=O)CCCCCCCCCCC(C)CC. The highest BCUT2D eigenvalue weighted by Gasteiger charge is 2.30. The third-order valence-corrected chi connectivity index (χ3v) is 16.0. The van der Waals surface area contributed by atoms with Crippen molar-refractivity contribution in [1.82, 2.24) is 0 Å². The van der Waals surface area contributed by atoms with Crippen molar-refractivity contribution >= 4 is 39.5 Å². The lowest BCUT2D eigenvalue weighted by Crippen LogP contribution is -2.30. The first-order chi connectivity index (χ1) is 38.1. The van der Waals surface area contributed by atoms with Gasteiger partial charge in [0.25, 0.3) is 0 Å². The van der Waals surface area contributed by atoms with Crippen LogP contribution in [-0.2, 0) is 65.4 Å². The van der Waals surface area contributed by atoms with Crippen LogP contribution in [0, 0.1) is 5.92 Å². The summed E-state index contributed by atoms with van der Waals surface area (Å²) in [6, 6.07) is 0. The van der Waals surface area contributed by atoms with E-state index in [2.05, 4.69) is 34.6 Å². The Bertz CT molecular complexity index is 1550. The van der Waals surface area contributed by atoms with Gasteiger partial charge in [-0.1, -0.05) is 247 Å². The Morgan fingerprint density at radius 2 is 0.608 bits per heavy atom. The quantitative estimate of drug-likeness (QED) is 0.0222. The topological polar surface area (TPSA) is 237 Å². The fourth-order valence-corrected chi connectivity index (χ4v) is 10.4. The standard InChI is InChI=1S/C60H116O17P2/c1-6-10-13-16-19-21-22-24-29-34-39-44-58(63)71-50-56(77-60(65)46-41-36-31-26-25-28-32-37-42-53(5)9-4)52-75-79(68,69)73-48-54(61)47-72-78(66,67)74-51-55(49-70-57(62)43-38-33-27-18-15-12-8-3)76-59(64)45-40-35-30-23-20-17-14-11-7-2/h53-56,61H,6-52H2,1-5H3,(H,66,67)(H,68,69)/t53?,54-,55+,56+/m0/s1. The summed E-state index contributed by atoms with van der Waals surface area (Å²) in [6.45, 7) is 7.10. The van der Waals surface area contributed by atoms with Crippen LogP contribution in [0.1, 0.15) is 298 Å². The minimum atomic E-state index is -4.94. The number of ether oxygens (including phenoxy) is 4. The third kappa shape index (κ3) is 53.8. The van der Waals surface area contributed by atoms with Crippen molar-refractivity contribution in [2.24, 2.45) is 5.92 Å². The first-order valence-electron chi connectivity index (χ1n) is 31.7. The van der Waals surface area contributed by atoms with Crippen LogP contribution in [0.4, 0.5) is 0 Å². The molecule has 79 heavy (non-hydrogen) atoms. The summed E-state index contributed by atoms with van der Waals surface area (Å²) in [5.74, 6) is -1.37. The fraction of sp³-hybridized carbons (Fsp3) is 0.933. The second kappa shape index (κ2) is 54.0. The number of phosphoric acid groups is 2. The van der Waals surface area contributed by atoms with Crippen molar-refractivity contribution in [2.45, 2.75) is 316 Å².